The van der Waals surface area contributed by atoms with Crippen molar-refractivity contribution >= 4 is 28.9 Å². The number of methoxy groups -OCH3 is 1. The molecule has 1 saturated heterocycles. The Bertz CT molecular complexity index is 1090. The zero-order chi connectivity index (χ0) is 23.2. The molecule has 0 saturated carbocycles. The smallest absolute Gasteiger partial charge is 0.226 e. The highest BCUT2D eigenvalue weighted by Gasteiger charge is 2.41. The number of anilines is 1. The molecule has 0 bridgehead atoms. The van der Waals surface area contributed by atoms with Crippen LogP contribution in [0.2, 0.25) is 0 Å². The highest BCUT2D eigenvalue weighted by atomic mass is 32.1. The van der Waals surface area contributed by atoms with Crippen LogP contribution in [-0.4, -0.2) is 45.7 Å². The lowest BCUT2D eigenvalue weighted by Crippen LogP contribution is -2.33. The van der Waals surface area contributed by atoms with Gasteiger partial charge in [0.15, 0.2) is 5.11 Å². The molecule has 33 heavy (non-hydrogen) atoms. The minimum atomic E-state index is -0.346. The molecule has 7 nitrogen and oxygen atoms in total. The fourth-order valence-electron chi connectivity index (χ4n) is 4.04. The number of hydrogen-bond donors (Lipinski definition) is 2. The van der Waals surface area contributed by atoms with E-state index in [9.17, 15) is 9.18 Å². The van der Waals surface area contributed by atoms with Crippen molar-refractivity contribution in [2.24, 2.45) is 0 Å². The molecule has 1 aliphatic heterocycles. The van der Waals surface area contributed by atoms with E-state index in [2.05, 4.69) is 26.3 Å². The van der Waals surface area contributed by atoms with Gasteiger partial charge in [0, 0.05) is 50.4 Å². The first kappa shape index (κ1) is 22.9. The maximum atomic E-state index is 13.1. The Morgan fingerprint density at radius 1 is 1.18 bits per heavy atom. The third-order valence-corrected chi connectivity index (χ3v) is 5.96. The van der Waals surface area contributed by atoms with Crippen LogP contribution in [0.4, 0.5) is 10.1 Å². The van der Waals surface area contributed by atoms with Gasteiger partial charge in [-0.2, -0.15) is 0 Å². The lowest BCUT2D eigenvalue weighted by Gasteiger charge is -2.28. The lowest BCUT2D eigenvalue weighted by molar-refractivity contribution is -0.116. The summed E-state index contributed by atoms with van der Waals surface area (Å²) in [4.78, 5) is 19.2. The van der Waals surface area contributed by atoms with Crippen LogP contribution in [0.15, 0.2) is 67.0 Å². The minimum absolute atomic E-state index is 0.141. The fourth-order valence-corrected chi connectivity index (χ4v) is 4.37. The molecule has 3 aromatic rings. The van der Waals surface area contributed by atoms with Crippen LogP contribution in [-0.2, 0) is 16.1 Å². The van der Waals surface area contributed by atoms with Crippen molar-refractivity contribution < 1.29 is 13.9 Å². The second-order valence-electron chi connectivity index (χ2n) is 7.74. The summed E-state index contributed by atoms with van der Waals surface area (Å²) in [5.41, 5.74) is 2.50. The van der Waals surface area contributed by atoms with E-state index in [1.54, 1.807) is 13.3 Å². The van der Waals surface area contributed by atoms with Crippen LogP contribution in [0.25, 0.3) is 0 Å². The van der Waals surface area contributed by atoms with Crippen LogP contribution in [0.3, 0.4) is 0 Å². The zero-order valence-corrected chi connectivity index (χ0v) is 19.1. The maximum Gasteiger partial charge on any atom is 0.226 e. The first-order valence-corrected chi connectivity index (χ1v) is 11.1. The van der Waals surface area contributed by atoms with Gasteiger partial charge in [-0.1, -0.05) is 6.07 Å². The van der Waals surface area contributed by atoms with Gasteiger partial charge in [-0.05, 0) is 60.7 Å². The van der Waals surface area contributed by atoms with E-state index in [1.165, 1.54) is 24.3 Å². The van der Waals surface area contributed by atoms with Crippen LogP contribution in [0.5, 0.6) is 0 Å². The summed E-state index contributed by atoms with van der Waals surface area (Å²) in [6, 6.07) is 15.3. The molecule has 1 fully saturated rings. The molecule has 1 aliphatic rings. The van der Waals surface area contributed by atoms with Crippen LogP contribution in [0, 0.1) is 5.82 Å². The zero-order valence-electron chi connectivity index (χ0n) is 18.3. The molecule has 1 amide bonds. The molecule has 0 unspecified atom stereocenters. The Morgan fingerprint density at radius 3 is 2.73 bits per heavy atom. The Labute approximate surface area is 197 Å². The first-order valence-electron chi connectivity index (χ1n) is 10.7. The van der Waals surface area contributed by atoms with Crippen molar-refractivity contribution in [2.75, 3.05) is 25.6 Å². The standard InChI is InChI=1S/C24H26FN5O2S/c1-32-16-15-29-13-4-6-20(29)23-22(19-5-2-3-12-26-19)28-24(33)30(23)14-11-21(31)27-18-9-7-17(25)8-10-18/h2-10,12-13,22-23H,11,14-16H2,1H3,(H,27,31)(H,28,33)/t22-,23-/m0/s1. The summed E-state index contributed by atoms with van der Waals surface area (Å²) in [6.07, 6.45) is 4.01. The van der Waals surface area contributed by atoms with E-state index >= 15 is 0 Å². The maximum absolute atomic E-state index is 13.1. The Kier molecular flexibility index (Phi) is 7.31. The van der Waals surface area contributed by atoms with Crippen molar-refractivity contribution in [3.05, 3.63) is 84.2 Å². The van der Waals surface area contributed by atoms with Gasteiger partial charge >= 0.3 is 0 Å². The molecular formula is C24H26FN5O2S. The normalized spacial score (nSPS) is 17.8. The number of thiocarbonyl (C=S) groups is 1. The minimum Gasteiger partial charge on any atom is -0.383 e. The highest BCUT2D eigenvalue weighted by molar-refractivity contribution is 7.80. The number of nitrogens with one attached hydrogen (secondary N) is 2. The summed E-state index contributed by atoms with van der Waals surface area (Å²) in [5.74, 6) is -0.513. The van der Waals surface area contributed by atoms with Gasteiger partial charge in [0.2, 0.25) is 5.91 Å². The second kappa shape index (κ2) is 10.5. The van der Waals surface area contributed by atoms with Gasteiger partial charge in [-0.3, -0.25) is 9.78 Å². The van der Waals surface area contributed by atoms with Crippen LogP contribution < -0.4 is 10.6 Å². The summed E-state index contributed by atoms with van der Waals surface area (Å²) < 4.78 is 20.5. The molecule has 0 aliphatic carbocycles. The average Bonchev–Trinajstić information content (AvgIpc) is 3.42. The van der Waals surface area contributed by atoms with E-state index in [4.69, 9.17) is 17.0 Å². The van der Waals surface area contributed by atoms with Gasteiger partial charge in [-0.15, -0.1) is 0 Å². The van der Waals surface area contributed by atoms with Crippen molar-refractivity contribution in [1.29, 1.82) is 0 Å². The predicted octanol–water partition coefficient (Wildman–Crippen LogP) is 3.67. The number of amides is 1. The summed E-state index contributed by atoms with van der Waals surface area (Å²) >= 11 is 5.68. The third-order valence-electron chi connectivity index (χ3n) is 5.61. The first-order chi connectivity index (χ1) is 16.1. The van der Waals surface area contributed by atoms with E-state index in [1.807, 2.05) is 35.4 Å². The molecule has 0 radical (unpaired) electrons. The largest absolute Gasteiger partial charge is 0.383 e. The Hall–Kier alpha value is -3.30. The number of carbonyl (C=O) groups is 1. The number of aromatic nitrogens is 2. The fraction of sp³-hybridized carbons (Fsp3) is 0.292. The Morgan fingerprint density at radius 2 is 2.00 bits per heavy atom. The summed E-state index contributed by atoms with van der Waals surface area (Å²) in [5, 5.41) is 6.78. The number of rotatable bonds is 9. The number of benzene rings is 1. The third kappa shape index (κ3) is 5.37. The number of nitrogens with zero attached hydrogens (tertiary/aromatic N) is 3. The second-order valence-corrected chi connectivity index (χ2v) is 8.13. The monoisotopic (exact) mass is 467 g/mol. The summed E-state index contributed by atoms with van der Waals surface area (Å²) in [7, 11) is 1.68. The molecule has 1 aromatic carbocycles. The van der Waals surface area contributed by atoms with Gasteiger partial charge in [-0.25, -0.2) is 4.39 Å². The van der Waals surface area contributed by atoms with Crippen molar-refractivity contribution in [1.82, 2.24) is 19.8 Å². The highest BCUT2D eigenvalue weighted by Crippen LogP contribution is 2.38. The average molecular weight is 468 g/mol. The van der Waals surface area contributed by atoms with Gasteiger partial charge in [0.25, 0.3) is 0 Å². The molecule has 2 N–H and O–H groups in total. The van der Waals surface area contributed by atoms with Gasteiger partial charge in [0.1, 0.15) is 5.82 Å². The molecule has 0 spiro atoms. The lowest BCUT2D eigenvalue weighted by atomic mass is 10.0. The van der Waals surface area contributed by atoms with Crippen molar-refractivity contribution in [3.63, 3.8) is 0 Å². The number of ether oxygens (including phenoxy) is 1. The molecule has 2 atom stereocenters. The molecule has 172 valence electrons. The van der Waals surface area contributed by atoms with E-state index in [0.717, 1.165) is 11.4 Å². The number of halogens is 1. The van der Waals surface area contributed by atoms with Crippen LogP contribution in [0.1, 0.15) is 29.9 Å². The van der Waals surface area contributed by atoms with E-state index in [-0.39, 0.29) is 30.2 Å². The molecule has 2 aromatic heterocycles. The summed E-state index contributed by atoms with van der Waals surface area (Å²) in [6.45, 7) is 1.71. The number of hydrogen-bond acceptors (Lipinski definition) is 4. The van der Waals surface area contributed by atoms with Gasteiger partial charge < -0.3 is 24.8 Å². The van der Waals surface area contributed by atoms with Crippen molar-refractivity contribution in [3.8, 4) is 0 Å². The van der Waals surface area contributed by atoms with E-state index in [0.29, 0.717) is 30.5 Å². The topological polar surface area (TPSA) is 71.4 Å². The van der Waals surface area contributed by atoms with Gasteiger partial charge in [0.05, 0.1) is 24.4 Å². The van der Waals surface area contributed by atoms with E-state index < -0.39 is 0 Å². The molecular weight excluding hydrogens is 441 g/mol. The number of pyridine rings is 1. The predicted molar refractivity (Wildman–Crippen MR) is 128 cm³/mol. The molecule has 4 rings (SSSR count). The van der Waals surface area contributed by atoms with Crippen molar-refractivity contribution in [2.45, 2.75) is 25.0 Å². The van der Waals surface area contributed by atoms with Crippen LogP contribution >= 0.6 is 12.2 Å². The molecule has 9 heteroatoms. The Balaban J connectivity index is 1.54. The SMILES string of the molecule is COCCn1cccc1[C@H]1[C@H](c2ccccn2)NC(=S)N1CCC(=O)Nc1ccc(F)cc1. The molecule has 3 heterocycles. The number of carbonyl (C=O) groups excluding carboxylic acids is 1. The quantitative estimate of drug-likeness (QED) is 0.468.